The summed E-state index contributed by atoms with van der Waals surface area (Å²) in [6.45, 7) is 7.72. The highest BCUT2D eigenvalue weighted by Crippen LogP contribution is 2.39. The standard InChI is InChI=1S/C35H34ClN9O3S/c1-19-20(2)49-34-31(19)32(22-4-7-26(36)8-5-22)42-28(33-44-43-21(3)45(33)34)16-29(46)37-10-12-48-13-11-38-35-39-17-25(18-40-35)23-6-9-27-24(14-23)15-30(47)41-27/h4-9,14,17-18,28H,10-13,15-16H2,1-3H3,(H,37,46)(H,41,47)(H,38,39,40)/t28-/m0/s1. The van der Waals surface area contributed by atoms with Gasteiger partial charge in [-0.05, 0) is 61.7 Å². The van der Waals surface area contributed by atoms with E-state index in [0.717, 1.165) is 55.6 Å². The molecule has 14 heteroatoms. The number of hydrogen-bond acceptors (Lipinski definition) is 10. The zero-order chi connectivity index (χ0) is 34.1. The van der Waals surface area contributed by atoms with Gasteiger partial charge in [0, 0.05) is 57.8 Å². The second-order valence-electron chi connectivity index (χ2n) is 11.9. The molecule has 0 spiro atoms. The fourth-order valence-corrected chi connectivity index (χ4v) is 7.30. The van der Waals surface area contributed by atoms with Crippen molar-refractivity contribution in [1.29, 1.82) is 0 Å². The molecule has 2 amide bonds. The third-order valence-corrected chi connectivity index (χ3v) is 9.99. The van der Waals surface area contributed by atoms with Crippen LogP contribution in [0.1, 0.15) is 51.2 Å². The van der Waals surface area contributed by atoms with E-state index in [2.05, 4.69) is 50.0 Å². The van der Waals surface area contributed by atoms with Crippen molar-refractivity contribution in [3.63, 3.8) is 0 Å². The van der Waals surface area contributed by atoms with Crippen LogP contribution in [0.5, 0.6) is 0 Å². The Morgan fingerprint density at radius 3 is 2.57 bits per heavy atom. The molecular formula is C35H34ClN9O3S. The van der Waals surface area contributed by atoms with E-state index in [1.165, 1.54) is 4.88 Å². The Morgan fingerprint density at radius 1 is 1.02 bits per heavy atom. The maximum atomic E-state index is 13.2. The van der Waals surface area contributed by atoms with Gasteiger partial charge in [0.2, 0.25) is 17.8 Å². The topological polar surface area (TPSA) is 148 Å². The number of nitrogens with one attached hydrogen (secondary N) is 3. The third kappa shape index (κ3) is 6.82. The second-order valence-corrected chi connectivity index (χ2v) is 13.5. The molecule has 0 fully saturated rings. The van der Waals surface area contributed by atoms with Crippen LogP contribution in [0, 0.1) is 20.8 Å². The summed E-state index contributed by atoms with van der Waals surface area (Å²) in [4.78, 5) is 40.0. The number of amides is 2. The SMILES string of the molecule is Cc1sc2c(c1C)C(c1ccc(Cl)cc1)=N[C@@H](CC(=O)NCCOCCNc1ncc(-c3ccc4c(c3)CC(=O)N4)cn1)c1nnc(C)n1-2. The maximum Gasteiger partial charge on any atom is 0.228 e. The zero-order valence-electron chi connectivity index (χ0n) is 27.2. The van der Waals surface area contributed by atoms with Gasteiger partial charge < -0.3 is 20.7 Å². The molecule has 0 aliphatic carbocycles. The fraction of sp³-hybridized carbons (Fsp3) is 0.286. The van der Waals surface area contributed by atoms with E-state index in [0.29, 0.717) is 49.5 Å². The Bertz CT molecular complexity index is 2070. The molecule has 1 atom stereocenters. The van der Waals surface area contributed by atoms with E-state index in [-0.39, 0.29) is 18.2 Å². The van der Waals surface area contributed by atoms with Gasteiger partial charge in [0.05, 0.1) is 31.8 Å². The molecular weight excluding hydrogens is 662 g/mol. The van der Waals surface area contributed by atoms with Crippen LogP contribution in [0.4, 0.5) is 11.6 Å². The molecule has 250 valence electrons. The van der Waals surface area contributed by atoms with E-state index in [4.69, 9.17) is 21.3 Å². The smallest absolute Gasteiger partial charge is 0.228 e. The number of benzene rings is 2. The van der Waals surface area contributed by atoms with Crippen molar-refractivity contribution in [2.24, 2.45) is 4.99 Å². The minimum atomic E-state index is -0.536. The highest BCUT2D eigenvalue weighted by Gasteiger charge is 2.32. The zero-order valence-corrected chi connectivity index (χ0v) is 28.8. The minimum absolute atomic E-state index is 0.00510. The fourth-order valence-electron chi connectivity index (χ4n) is 5.96. The summed E-state index contributed by atoms with van der Waals surface area (Å²) in [5.74, 6) is 1.72. The molecule has 0 bridgehead atoms. The van der Waals surface area contributed by atoms with Gasteiger partial charge in [0.25, 0.3) is 0 Å². The van der Waals surface area contributed by atoms with Crippen LogP contribution < -0.4 is 16.0 Å². The Labute approximate surface area is 292 Å². The van der Waals surface area contributed by atoms with Crippen molar-refractivity contribution in [2.45, 2.75) is 39.7 Å². The summed E-state index contributed by atoms with van der Waals surface area (Å²) in [6.07, 6.45) is 3.99. The number of nitrogens with zero attached hydrogens (tertiary/aromatic N) is 6. The van der Waals surface area contributed by atoms with Gasteiger partial charge in [-0.25, -0.2) is 9.97 Å². The first kappa shape index (κ1) is 32.6. The van der Waals surface area contributed by atoms with Crippen LogP contribution >= 0.6 is 22.9 Å². The molecule has 0 saturated heterocycles. The minimum Gasteiger partial charge on any atom is -0.378 e. The molecule has 0 radical (unpaired) electrons. The van der Waals surface area contributed by atoms with E-state index < -0.39 is 6.04 Å². The summed E-state index contributed by atoms with van der Waals surface area (Å²) in [5.41, 5.74) is 7.55. The molecule has 3 N–H and O–H groups in total. The number of thiophene rings is 1. The Balaban J connectivity index is 0.919. The average molecular weight is 696 g/mol. The summed E-state index contributed by atoms with van der Waals surface area (Å²) < 4.78 is 7.76. The number of rotatable bonds is 11. The number of anilines is 2. The molecule has 49 heavy (non-hydrogen) atoms. The molecule has 5 aromatic rings. The number of aliphatic imine (C=N–C) groups is 1. The predicted octanol–water partition coefficient (Wildman–Crippen LogP) is 5.39. The van der Waals surface area contributed by atoms with Gasteiger partial charge >= 0.3 is 0 Å². The normalized spacial score (nSPS) is 14.7. The molecule has 2 aliphatic rings. The average Bonchev–Trinajstić information content (AvgIpc) is 3.73. The van der Waals surface area contributed by atoms with Crippen LogP contribution in [0.3, 0.4) is 0 Å². The Morgan fingerprint density at radius 2 is 1.78 bits per heavy atom. The van der Waals surface area contributed by atoms with Crippen LogP contribution in [0.15, 0.2) is 59.9 Å². The van der Waals surface area contributed by atoms with Gasteiger partial charge in [0.1, 0.15) is 16.9 Å². The van der Waals surface area contributed by atoms with Gasteiger partial charge in [-0.1, -0.05) is 29.8 Å². The third-order valence-electron chi connectivity index (χ3n) is 8.55. The summed E-state index contributed by atoms with van der Waals surface area (Å²) in [7, 11) is 0. The molecule has 3 aromatic heterocycles. The maximum absolute atomic E-state index is 13.2. The van der Waals surface area contributed by atoms with Gasteiger partial charge in [-0.3, -0.25) is 19.1 Å². The molecule has 2 aliphatic heterocycles. The summed E-state index contributed by atoms with van der Waals surface area (Å²) >= 11 is 7.88. The number of carbonyl (C=O) groups excluding carboxylic acids is 2. The largest absolute Gasteiger partial charge is 0.378 e. The lowest BCUT2D eigenvalue weighted by atomic mass is 9.99. The Kier molecular flexibility index (Phi) is 9.21. The van der Waals surface area contributed by atoms with Crippen LogP contribution in [-0.4, -0.2) is 68.6 Å². The van der Waals surface area contributed by atoms with E-state index in [1.807, 2.05) is 54.0 Å². The first-order valence-corrected chi connectivity index (χ1v) is 17.1. The van der Waals surface area contributed by atoms with Crippen molar-refractivity contribution >= 4 is 52.1 Å². The van der Waals surface area contributed by atoms with Crippen molar-refractivity contribution in [3.8, 4) is 16.1 Å². The monoisotopic (exact) mass is 695 g/mol. The number of aromatic nitrogens is 5. The number of ether oxygens (including phenoxy) is 1. The van der Waals surface area contributed by atoms with Gasteiger partial charge in [-0.2, -0.15) is 0 Å². The van der Waals surface area contributed by atoms with Crippen molar-refractivity contribution in [1.82, 2.24) is 30.0 Å². The highest BCUT2D eigenvalue weighted by atomic mass is 35.5. The molecule has 0 unspecified atom stereocenters. The van der Waals surface area contributed by atoms with Crippen LogP contribution in [0.2, 0.25) is 5.02 Å². The number of carbonyl (C=O) groups is 2. The number of aryl methyl sites for hydroxylation is 2. The number of hydrogen-bond donors (Lipinski definition) is 3. The van der Waals surface area contributed by atoms with Crippen molar-refractivity contribution in [3.05, 3.63) is 98.7 Å². The van der Waals surface area contributed by atoms with E-state index in [1.54, 1.807) is 23.7 Å². The van der Waals surface area contributed by atoms with Gasteiger partial charge in [-0.15, -0.1) is 21.5 Å². The van der Waals surface area contributed by atoms with Crippen LogP contribution in [-0.2, 0) is 20.7 Å². The molecule has 5 heterocycles. The lowest BCUT2D eigenvalue weighted by Gasteiger charge is -2.13. The lowest BCUT2D eigenvalue weighted by Crippen LogP contribution is -2.29. The number of fused-ring (bicyclic) bond motifs is 4. The molecule has 2 aromatic carbocycles. The lowest BCUT2D eigenvalue weighted by molar-refractivity contribution is -0.121. The first-order valence-electron chi connectivity index (χ1n) is 15.9. The summed E-state index contributed by atoms with van der Waals surface area (Å²) in [6, 6.07) is 12.9. The van der Waals surface area contributed by atoms with Crippen molar-refractivity contribution in [2.75, 3.05) is 36.9 Å². The molecule has 12 nitrogen and oxygen atoms in total. The first-order chi connectivity index (χ1) is 23.7. The Hall–Kier alpha value is -4.98. The molecule has 0 saturated carbocycles. The van der Waals surface area contributed by atoms with E-state index in [9.17, 15) is 9.59 Å². The summed E-state index contributed by atoms with van der Waals surface area (Å²) in [5, 5.41) is 19.4. The molecule has 7 rings (SSSR count). The second kappa shape index (κ2) is 13.9. The van der Waals surface area contributed by atoms with Crippen molar-refractivity contribution < 1.29 is 14.3 Å². The van der Waals surface area contributed by atoms with Gasteiger partial charge in [0.15, 0.2) is 5.82 Å². The van der Waals surface area contributed by atoms with Crippen LogP contribution in [0.25, 0.3) is 16.1 Å². The quantitative estimate of drug-likeness (QED) is 0.156. The highest BCUT2D eigenvalue weighted by molar-refractivity contribution is 7.15. The van der Waals surface area contributed by atoms with E-state index >= 15 is 0 Å². The predicted molar refractivity (Wildman–Crippen MR) is 190 cm³/mol. The number of halogens is 1.